The Balaban J connectivity index is 2.19. The van der Waals surface area contributed by atoms with E-state index in [9.17, 15) is 4.79 Å². The summed E-state index contributed by atoms with van der Waals surface area (Å²) in [6.45, 7) is 8.42. The molecule has 118 valence electrons. The van der Waals surface area contributed by atoms with Crippen LogP contribution in [-0.4, -0.2) is 0 Å². The molecule has 0 bridgehead atoms. The van der Waals surface area contributed by atoms with Crippen molar-refractivity contribution in [2.75, 3.05) is 5.73 Å². The highest BCUT2D eigenvalue weighted by Gasteiger charge is 2.16. The summed E-state index contributed by atoms with van der Waals surface area (Å²) in [5, 5.41) is 0.526. The molecule has 0 aliphatic carbocycles. The highest BCUT2D eigenvalue weighted by molar-refractivity contribution is 5.85. The van der Waals surface area contributed by atoms with Crippen molar-refractivity contribution in [3.8, 4) is 11.3 Å². The molecule has 3 nitrogen and oxygen atoms in total. The van der Waals surface area contributed by atoms with Crippen LogP contribution in [0.15, 0.2) is 51.7 Å². The molecule has 23 heavy (non-hydrogen) atoms. The van der Waals surface area contributed by atoms with Gasteiger partial charge in [0.05, 0.1) is 5.39 Å². The van der Waals surface area contributed by atoms with Gasteiger partial charge in [0.1, 0.15) is 11.3 Å². The fraction of sp³-hybridized carbons (Fsp3) is 0.250. The van der Waals surface area contributed by atoms with Crippen LogP contribution in [0, 0.1) is 6.92 Å². The number of rotatable bonds is 1. The third-order valence-corrected chi connectivity index (χ3v) is 4.09. The molecule has 0 amide bonds. The van der Waals surface area contributed by atoms with Crippen molar-refractivity contribution < 1.29 is 4.42 Å². The summed E-state index contributed by atoms with van der Waals surface area (Å²) in [5.41, 5.74) is 9.71. The van der Waals surface area contributed by atoms with E-state index in [2.05, 4.69) is 20.8 Å². The van der Waals surface area contributed by atoms with Crippen LogP contribution in [0.5, 0.6) is 0 Å². The quantitative estimate of drug-likeness (QED) is 0.712. The molecule has 0 saturated carbocycles. The van der Waals surface area contributed by atoms with Crippen LogP contribution in [-0.2, 0) is 5.41 Å². The van der Waals surface area contributed by atoms with E-state index in [-0.39, 0.29) is 16.5 Å². The number of fused-ring (bicyclic) bond motifs is 1. The van der Waals surface area contributed by atoms with Gasteiger partial charge in [-0.1, -0.05) is 56.7 Å². The second-order valence-corrected chi connectivity index (χ2v) is 7.00. The molecule has 3 rings (SSSR count). The van der Waals surface area contributed by atoms with Crippen LogP contribution >= 0.6 is 0 Å². The summed E-state index contributed by atoms with van der Waals surface area (Å²) >= 11 is 0. The smallest absolute Gasteiger partial charge is 0.216 e. The van der Waals surface area contributed by atoms with E-state index in [0.717, 1.165) is 11.1 Å². The zero-order valence-electron chi connectivity index (χ0n) is 13.9. The van der Waals surface area contributed by atoms with Gasteiger partial charge in [-0.25, -0.2) is 0 Å². The zero-order chi connectivity index (χ0) is 16.8. The maximum Gasteiger partial charge on any atom is 0.216 e. The van der Waals surface area contributed by atoms with Gasteiger partial charge >= 0.3 is 0 Å². The Labute approximate surface area is 135 Å². The number of nitrogen functional groups attached to an aromatic ring is 1. The molecule has 0 aliphatic heterocycles. The molecule has 0 saturated heterocycles. The molecular weight excluding hydrogens is 286 g/mol. The van der Waals surface area contributed by atoms with Crippen LogP contribution in [0.1, 0.15) is 31.9 Å². The summed E-state index contributed by atoms with van der Waals surface area (Å²) in [4.78, 5) is 12.5. The lowest BCUT2D eigenvalue weighted by molar-refractivity contribution is 0.589. The average molecular weight is 307 g/mol. The molecule has 0 unspecified atom stereocenters. The van der Waals surface area contributed by atoms with E-state index in [1.54, 1.807) is 0 Å². The van der Waals surface area contributed by atoms with Crippen molar-refractivity contribution in [2.45, 2.75) is 33.1 Å². The summed E-state index contributed by atoms with van der Waals surface area (Å²) < 4.78 is 5.91. The van der Waals surface area contributed by atoms with Gasteiger partial charge in [0.2, 0.25) is 5.43 Å². The SMILES string of the molecule is Cc1ccc2oc(-c3ccc(C(C)(C)C)cc3)c(N)c(=O)c2c1. The Morgan fingerprint density at radius 2 is 1.65 bits per heavy atom. The Hall–Kier alpha value is -2.55. The summed E-state index contributed by atoms with van der Waals surface area (Å²) in [6, 6.07) is 13.6. The molecule has 2 N–H and O–H groups in total. The second-order valence-electron chi connectivity index (χ2n) is 7.00. The summed E-state index contributed by atoms with van der Waals surface area (Å²) in [5.74, 6) is 0.437. The lowest BCUT2D eigenvalue weighted by Gasteiger charge is -2.19. The number of hydrogen-bond acceptors (Lipinski definition) is 3. The van der Waals surface area contributed by atoms with Gasteiger partial charge in [0.25, 0.3) is 0 Å². The van der Waals surface area contributed by atoms with Crippen LogP contribution in [0.25, 0.3) is 22.3 Å². The second kappa shape index (κ2) is 5.27. The molecule has 3 aromatic rings. The molecule has 0 radical (unpaired) electrons. The fourth-order valence-corrected chi connectivity index (χ4v) is 2.66. The standard InChI is InChI=1S/C20H21NO2/c1-12-5-10-16-15(11-12)18(22)17(21)19(23-16)13-6-8-14(9-7-13)20(2,3)4/h5-11H,21H2,1-4H3. The largest absolute Gasteiger partial charge is 0.454 e. The van der Waals surface area contributed by atoms with Crippen molar-refractivity contribution in [1.29, 1.82) is 0 Å². The molecule has 3 heteroatoms. The zero-order valence-corrected chi connectivity index (χ0v) is 13.9. The van der Waals surface area contributed by atoms with Crippen LogP contribution in [0.2, 0.25) is 0 Å². The minimum Gasteiger partial charge on any atom is -0.454 e. The number of anilines is 1. The van der Waals surface area contributed by atoms with Crippen LogP contribution in [0.4, 0.5) is 5.69 Å². The Morgan fingerprint density at radius 3 is 2.26 bits per heavy atom. The lowest BCUT2D eigenvalue weighted by atomic mass is 9.86. The number of aryl methyl sites for hydroxylation is 1. The third-order valence-electron chi connectivity index (χ3n) is 4.09. The first-order valence-electron chi connectivity index (χ1n) is 7.71. The number of benzene rings is 2. The van der Waals surface area contributed by atoms with E-state index >= 15 is 0 Å². The minimum absolute atomic E-state index is 0.0752. The molecule has 0 fully saturated rings. The van der Waals surface area contributed by atoms with E-state index in [1.165, 1.54) is 5.56 Å². The lowest BCUT2D eigenvalue weighted by Crippen LogP contribution is -2.11. The third kappa shape index (κ3) is 2.74. The predicted octanol–water partition coefficient (Wildman–Crippen LogP) is 4.65. The molecule has 0 atom stereocenters. The molecule has 0 aliphatic rings. The highest BCUT2D eigenvalue weighted by Crippen LogP contribution is 2.30. The number of hydrogen-bond donors (Lipinski definition) is 1. The van der Waals surface area contributed by atoms with Crippen LogP contribution < -0.4 is 11.2 Å². The molecule has 1 heterocycles. The van der Waals surface area contributed by atoms with E-state index in [4.69, 9.17) is 10.2 Å². The van der Waals surface area contributed by atoms with E-state index in [0.29, 0.717) is 16.7 Å². The van der Waals surface area contributed by atoms with Crippen molar-refractivity contribution in [2.24, 2.45) is 0 Å². The Bertz CT molecular complexity index is 929. The van der Waals surface area contributed by atoms with Gasteiger partial charge in [-0.15, -0.1) is 0 Å². The van der Waals surface area contributed by atoms with Gasteiger partial charge in [0.15, 0.2) is 5.76 Å². The normalized spacial score (nSPS) is 11.8. The van der Waals surface area contributed by atoms with Gasteiger partial charge in [0, 0.05) is 5.56 Å². The summed E-state index contributed by atoms with van der Waals surface area (Å²) in [7, 11) is 0. The van der Waals surface area contributed by atoms with Crippen molar-refractivity contribution in [3.63, 3.8) is 0 Å². The Morgan fingerprint density at radius 1 is 1.00 bits per heavy atom. The van der Waals surface area contributed by atoms with E-state index < -0.39 is 0 Å². The topological polar surface area (TPSA) is 56.2 Å². The highest BCUT2D eigenvalue weighted by atomic mass is 16.3. The average Bonchev–Trinajstić information content (AvgIpc) is 2.51. The first kappa shape index (κ1) is 15.3. The fourth-order valence-electron chi connectivity index (χ4n) is 2.66. The first-order valence-corrected chi connectivity index (χ1v) is 7.71. The Kier molecular flexibility index (Phi) is 3.52. The predicted molar refractivity (Wildman–Crippen MR) is 95.8 cm³/mol. The van der Waals surface area contributed by atoms with E-state index in [1.807, 2.05) is 49.4 Å². The van der Waals surface area contributed by atoms with Crippen LogP contribution in [0.3, 0.4) is 0 Å². The molecule has 0 spiro atoms. The summed E-state index contributed by atoms with van der Waals surface area (Å²) in [6.07, 6.45) is 0. The monoisotopic (exact) mass is 307 g/mol. The van der Waals surface area contributed by atoms with Gasteiger partial charge < -0.3 is 10.2 Å². The molecular formula is C20H21NO2. The van der Waals surface area contributed by atoms with Gasteiger partial charge in [-0.05, 0) is 30.0 Å². The maximum atomic E-state index is 12.5. The first-order chi connectivity index (χ1) is 10.8. The number of nitrogens with two attached hydrogens (primary N) is 1. The van der Waals surface area contributed by atoms with Gasteiger partial charge in [-0.3, -0.25) is 4.79 Å². The van der Waals surface area contributed by atoms with Crippen molar-refractivity contribution in [1.82, 2.24) is 0 Å². The van der Waals surface area contributed by atoms with Crippen molar-refractivity contribution in [3.05, 3.63) is 63.8 Å². The minimum atomic E-state index is -0.176. The van der Waals surface area contributed by atoms with Crippen molar-refractivity contribution >= 4 is 16.7 Å². The molecule has 2 aromatic carbocycles. The maximum absolute atomic E-state index is 12.5. The van der Waals surface area contributed by atoms with Gasteiger partial charge in [-0.2, -0.15) is 0 Å². The molecule has 1 aromatic heterocycles.